The second-order valence-corrected chi connectivity index (χ2v) is 16.0. The first kappa shape index (κ1) is 35.8. The van der Waals surface area contributed by atoms with Crippen LogP contribution in [0.1, 0.15) is 22.8 Å². The van der Waals surface area contributed by atoms with Crippen molar-refractivity contribution in [3.63, 3.8) is 0 Å². The fourth-order valence-electron chi connectivity index (χ4n) is 9.35. The quantitative estimate of drug-likeness (QED) is 0.161. The average molecular weight is 795 g/mol. The zero-order chi connectivity index (χ0) is 41.0. The minimum absolute atomic E-state index is 0.0551. The zero-order valence-electron chi connectivity index (χ0n) is 33.6. The predicted molar refractivity (Wildman–Crippen MR) is 252 cm³/mol. The van der Waals surface area contributed by atoms with Gasteiger partial charge in [-0.05, 0) is 93.6 Å². The van der Waals surface area contributed by atoms with Crippen LogP contribution in [-0.2, 0) is 0 Å². The van der Waals surface area contributed by atoms with Gasteiger partial charge >= 0.3 is 0 Å². The van der Waals surface area contributed by atoms with Crippen molar-refractivity contribution >= 4 is 28.4 Å². The maximum atomic E-state index is 6.63. The summed E-state index contributed by atoms with van der Waals surface area (Å²) in [6, 6.07) is 72.6. The van der Waals surface area contributed by atoms with Crippen LogP contribution in [0.5, 0.6) is 0 Å². The van der Waals surface area contributed by atoms with Gasteiger partial charge in [-0.1, -0.05) is 164 Å². The van der Waals surface area contributed by atoms with Crippen LogP contribution in [0, 0.1) is 0 Å². The minimum atomic E-state index is 0.0551. The Morgan fingerprint density at radius 1 is 0.403 bits per heavy atom. The van der Waals surface area contributed by atoms with Gasteiger partial charge in [-0.15, -0.1) is 0 Å². The van der Waals surface area contributed by atoms with Gasteiger partial charge in [0.05, 0.1) is 6.04 Å². The third-order valence-corrected chi connectivity index (χ3v) is 12.3. The third-order valence-electron chi connectivity index (χ3n) is 12.3. The fourth-order valence-corrected chi connectivity index (χ4v) is 9.35. The Labute approximate surface area is 360 Å². The van der Waals surface area contributed by atoms with Crippen LogP contribution in [-0.4, -0.2) is 21.0 Å². The van der Waals surface area contributed by atoms with Crippen LogP contribution in [0.4, 0.5) is 11.4 Å². The molecule has 62 heavy (non-hydrogen) atoms. The minimum Gasteiger partial charge on any atom is -0.456 e. The van der Waals surface area contributed by atoms with Crippen molar-refractivity contribution in [1.82, 2.24) is 15.0 Å². The molecule has 0 bridgehead atoms. The van der Waals surface area contributed by atoms with Crippen molar-refractivity contribution in [1.29, 1.82) is 0 Å². The number of rotatable bonds is 7. The Morgan fingerprint density at radius 2 is 0.887 bits per heavy atom. The molecule has 0 saturated carbocycles. The predicted octanol–water partition coefficient (Wildman–Crippen LogP) is 14.3. The summed E-state index contributed by atoms with van der Waals surface area (Å²) < 4.78 is 6.63. The Hall–Kier alpha value is -8.15. The van der Waals surface area contributed by atoms with Gasteiger partial charge in [0.2, 0.25) is 0 Å². The second-order valence-electron chi connectivity index (χ2n) is 16.0. The first-order chi connectivity index (χ1) is 30.7. The molecule has 0 radical (unpaired) electrons. The van der Waals surface area contributed by atoms with Gasteiger partial charge in [-0.25, -0.2) is 15.0 Å². The molecule has 0 spiro atoms. The van der Waals surface area contributed by atoms with Crippen LogP contribution in [0.25, 0.3) is 84.6 Å². The molecule has 12 rings (SSSR count). The number of furan rings is 1. The normalized spacial score (nSPS) is 15.0. The molecular weight excluding hydrogens is 757 g/mol. The summed E-state index contributed by atoms with van der Waals surface area (Å²) in [5.74, 6) is 2.81. The Morgan fingerprint density at radius 3 is 1.53 bits per heavy atom. The molecule has 0 saturated heterocycles. The molecule has 2 aromatic heterocycles. The first-order valence-electron chi connectivity index (χ1n) is 21.1. The van der Waals surface area contributed by atoms with E-state index in [0.29, 0.717) is 17.5 Å². The number of anilines is 2. The van der Waals surface area contributed by atoms with E-state index in [1.807, 2.05) is 36.4 Å². The molecule has 292 valence electrons. The molecular formula is C57H38N4O. The fraction of sp³-hybridized carbons (Fsp3) is 0.0351. The largest absolute Gasteiger partial charge is 0.456 e. The van der Waals surface area contributed by atoms with Crippen molar-refractivity contribution in [3.05, 3.63) is 229 Å². The molecule has 2 unspecified atom stereocenters. The smallest absolute Gasteiger partial charge is 0.164 e. The van der Waals surface area contributed by atoms with Gasteiger partial charge in [0.15, 0.2) is 17.5 Å². The maximum Gasteiger partial charge on any atom is 0.164 e. The van der Waals surface area contributed by atoms with Crippen LogP contribution < -0.4 is 4.90 Å². The topological polar surface area (TPSA) is 55.1 Å². The van der Waals surface area contributed by atoms with E-state index in [-0.39, 0.29) is 12.0 Å². The number of hydrogen-bond donors (Lipinski definition) is 0. The van der Waals surface area contributed by atoms with Gasteiger partial charge in [-0.3, -0.25) is 0 Å². The van der Waals surface area contributed by atoms with Crippen molar-refractivity contribution < 1.29 is 4.42 Å². The molecule has 8 aromatic carbocycles. The van der Waals surface area contributed by atoms with Crippen LogP contribution in [0.3, 0.4) is 0 Å². The van der Waals surface area contributed by atoms with Gasteiger partial charge < -0.3 is 9.32 Å². The number of fused-ring (bicyclic) bond motifs is 7. The van der Waals surface area contributed by atoms with Crippen LogP contribution >= 0.6 is 0 Å². The summed E-state index contributed by atoms with van der Waals surface area (Å²) in [4.78, 5) is 17.8. The molecule has 2 aliphatic rings. The number of hydrogen-bond acceptors (Lipinski definition) is 5. The Kier molecular flexibility index (Phi) is 8.56. The van der Waals surface area contributed by atoms with Crippen molar-refractivity contribution in [2.45, 2.75) is 12.0 Å². The number of para-hydroxylation sites is 1. The SMILES string of the molecule is C1=CC2C(c3ccccc3N2c2ccc(-c3cccc(-c4ccccc4)c3)cc2)c2c1oc1ccc(-c3nc(-c4ccccc4)nc(-c4cccc(-c5ccccc5)c4)n3)cc21. The highest BCUT2D eigenvalue weighted by molar-refractivity contribution is 5.93. The molecule has 0 fully saturated rings. The third kappa shape index (κ3) is 6.22. The lowest BCUT2D eigenvalue weighted by Crippen LogP contribution is -2.30. The van der Waals surface area contributed by atoms with E-state index < -0.39 is 0 Å². The van der Waals surface area contributed by atoms with Gasteiger partial charge in [0.25, 0.3) is 0 Å². The number of benzene rings is 8. The summed E-state index contributed by atoms with van der Waals surface area (Å²) in [6.07, 6.45) is 4.47. The summed E-state index contributed by atoms with van der Waals surface area (Å²) in [6.45, 7) is 0. The zero-order valence-corrected chi connectivity index (χ0v) is 33.6. The van der Waals surface area contributed by atoms with Crippen LogP contribution in [0.15, 0.2) is 217 Å². The van der Waals surface area contributed by atoms with Crippen molar-refractivity contribution in [3.8, 4) is 67.5 Å². The van der Waals surface area contributed by atoms with Crippen molar-refractivity contribution in [2.24, 2.45) is 0 Å². The van der Waals surface area contributed by atoms with E-state index >= 15 is 0 Å². The van der Waals surface area contributed by atoms with Gasteiger partial charge in [0.1, 0.15) is 11.3 Å². The highest BCUT2D eigenvalue weighted by Gasteiger charge is 2.43. The number of nitrogens with zero attached hydrogens (tertiary/aromatic N) is 4. The van der Waals surface area contributed by atoms with E-state index in [9.17, 15) is 0 Å². The first-order valence-corrected chi connectivity index (χ1v) is 21.1. The molecule has 3 heterocycles. The summed E-state index contributed by atoms with van der Waals surface area (Å²) in [7, 11) is 0. The molecule has 1 aliphatic carbocycles. The van der Waals surface area contributed by atoms with E-state index in [4.69, 9.17) is 19.4 Å². The van der Waals surface area contributed by atoms with Crippen molar-refractivity contribution in [2.75, 3.05) is 4.90 Å². The standard InChI is InChI=1S/C57H38N4O/c1-4-14-37(15-5-1)41-20-12-21-42(34-41)39-26-29-46(30-27-39)61-49-25-11-10-24-47(49)53-50(61)31-33-52-54(53)48-36-45(28-32-51(48)62-52)57-59-55(40-18-8-3-9-19-40)58-56(60-57)44-23-13-22-43(35-44)38-16-6-2-7-17-38/h1-36,50,53H. The van der Waals surface area contributed by atoms with E-state index in [0.717, 1.165) is 50.2 Å². The molecule has 10 aromatic rings. The molecule has 5 nitrogen and oxygen atoms in total. The summed E-state index contributed by atoms with van der Waals surface area (Å²) in [5, 5.41) is 1.07. The van der Waals surface area contributed by atoms with E-state index in [1.54, 1.807) is 0 Å². The van der Waals surface area contributed by atoms with E-state index in [2.05, 4.69) is 187 Å². The van der Waals surface area contributed by atoms with Gasteiger partial charge in [-0.2, -0.15) is 0 Å². The highest BCUT2D eigenvalue weighted by Crippen LogP contribution is 2.54. The monoisotopic (exact) mass is 794 g/mol. The average Bonchev–Trinajstić information content (AvgIpc) is 3.90. The molecule has 5 heteroatoms. The lowest BCUT2D eigenvalue weighted by atomic mass is 9.82. The second kappa shape index (κ2) is 14.8. The van der Waals surface area contributed by atoms with E-state index in [1.165, 1.54) is 39.1 Å². The highest BCUT2D eigenvalue weighted by atomic mass is 16.3. The lowest BCUT2D eigenvalue weighted by Gasteiger charge is -2.30. The lowest BCUT2D eigenvalue weighted by molar-refractivity contribution is 0.584. The summed E-state index contributed by atoms with van der Waals surface area (Å²) in [5.41, 5.74) is 15.5. The number of aromatic nitrogens is 3. The summed E-state index contributed by atoms with van der Waals surface area (Å²) >= 11 is 0. The molecule has 1 aliphatic heterocycles. The van der Waals surface area contributed by atoms with Gasteiger partial charge in [0, 0.05) is 44.9 Å². The molecule has 0 N–H and O–H groups in total. The molecule has 0 amide bonds. The van der Waals surface area contributed by atoms with Crippen LogP contribution in [0.2, 0.25) is 0 Å². The Balaban J connectivity index is 0.931. The Bertz CT molecular complexity index is 3300. The molecule has 2 atom stereocenters. The maximum absolute atomic E-state index is 6.63.